The second-order valence-corrected chi connectivity index (χ2v) is 5.67. The summed E-state index contributed by atoms with van der Waals surface area (Å²) in [4.78, 5) is 12.5. The van der Waals surface area contributed by atoms with E-state index in [4.69, 9.17) is 17.3 Å². The van der Waals surface area contributed by atoms with E-state index < -0.39 is 11.2 Å². The Kier molecular flexibility index (Phi) is 3.33. The standard InChI is InChI=1S/C16H14ClFN2O/c17-12-2-1-3-13(14(12)18)20-15(21)16(8-9-16)10-4-6-11(19)7-5-10/h1-7H,8-9,19H2,(H,20,21). The molecule has 0 aromatic heterocycles. The molecule has 1 aliphatic carbocycles. The highest BCUT2D eigenvalue weighted by Gasteiger charge is 2.51. The summed E-state index contributed by atoms with van der Waals surface area (Å²) in [6.07, 6.45) is 1.48. The number of rotatable bonds is 3. The van der Waals surface area contributed by atoms with Crippen molar-refractivity contribution in [2.24, 2.45) is 0 Å². The third-order valence-electron chi connectivity index (χ3n) is 3.85. The van der Waals surface area contributed by atoms with Gasteiger partial charge in [-0.1, -0.05) is 29.8 Å². The molecule has 0 spiro atoms. The number of nitrogen functional groups attached to an aromatic ring is 1. The van der Waals surface area contributed by atoms with Crippen molar-refractivity contribution in [3.63, 3.8) is 0 Å². The normalized spacial score (nSPS) is 15.5. The minimum absolute atomic E-state index is 0.00914. The van der Waals surface area contributed by atoms with Gasteiger partial charge in [-0.05, 0) is 42.7 Å². The van der Waals surface area contributed by atoms with Gasteiger partial charge in [-0.15, -0.1) is 0 Å². The van der Waals surface area contributed by atoms with Crippen molar-refractivity contribution in [2.75, 3.05) is 11.1 Å². The zero-order chi connectivity index (χ0) is 15.0. The van der Waals surface area contributed by atoms with Crippen LogP contribution >= 0.6 is 11.6 Å². The number of anilines is 2. The number of benzene rings is 2. The summed E-state index contributed by atoms with van der Waals surface area (Å²) >= 11 is 5.72. The molecule has 0 radical (unpaired) electrons. The third-order valence-corrected chi connectivity index (χ3v) is 4.14. The summed E-state index contributed by atoms with van der Waals surface area (Å²) in [6.45, 7) is 0. The number of nitrogens with one attached hydrogen (secondary N) is 1. The van der Waals surface area contributed by atoms with Crippen LogP contribution in [0.4, 0.5) is 15.8 Å². The predicted octanol–water partition coefficient (Wildman–Crippen LogP) is 3.73. The molecular weight excluding hydrogens is 291 g/mol. The number of amides is 1. The number of carbonyl (C=O) groups is 1. The second-order valence-electron chi connectivity index (χ2n) is 5.26. The minimum Gasteiger partial charge on any atom is -0.399 e. The summed E-state index contributed by atoms with van der Waals surface area (Å²) in [5, 5.41) is 2.63. The van der Waals surface area contributed by atoms with Crippen LogP contribution in [0.1, 0.15) is 18.4 Å². The molecule has 5 heteroatoms. The van der Waals surface area contributed by atoms with Gasteiger partial charge in [0, 0.05) is 5.69 Å². The van der Waals surface area contributed by atoms with Crippen LogP contribution in [0.5, 0.6) is 0 Å². The fraction of sp³-hybridized carbons (Fsp3) is 0.188. The van der Waals surface area contributed by atoms with E-state index in [1.807, 2.05) is 12.1 Å². The molecule has 3 nitrogen and oxygen atoms in total. The number of carbonyl (C=O) groups excluding carboxylic acids is 1. The lowest BCUT2D eigenvalue weighted by Crippen LogP contribution is -2.28. The molecular formula is C16H14ClFN2O. The molecule has 0 heterocycles. The van der Waals surface area contributed by atoms with Crippen LogP contribution < -0.4 is 11.1 Å². The SMILES string of the molecule is Nc1ccc(C2(C(=O)Nc3cccc(Cl)c3F)CC2)cc1. The Morgan fingerprint density at radius 2 is 1.86 bits per heavy atom. The molecule has 0 saturated heterocycles. The van der Waals surface area contributed by atoms with Crippen molar-refractivity contribution in [3.8, 4) is 0 Å². The van der Waals surface area contributed by atoms with Gasteiger partial charge in [0.2, 0.25) is 5.91 Å². The summed E-state index contributed by atoms with van der Waals surface area (Å²) in [6, 6.07) is 11.8. The van der Waals surface area contributed by atoms with E-state index in [1.165, 1.54) is 12.1 Å². The van der Waals surface area contributed by atoms with Crippen LogP contribution in [-0.4, -0.2) is 5.91 Å². The Labute approximate surface area is 126 Å². The number of halogens is 2. The van der Waals surface area contributed by atoms with Gasteiger partial charge in [-0.2, -0.15) is 0 Å². The van der Waals surface area contributed by atoms with Gasteiger partial charge in [0.25, 0.3) is 0 Å². The molecule has 3 N–H and O–H groups in total. The predicted molar refractivity (Wildman–Crippen MR) is 81.8 cm³/mol. The molecule has 3 rings (SSSR count). The highest BCUT2D eigenvalue weighted by Crippen LogP contribution is 2.49. The van der Waals surface area contributed by atoms with Gasteiger partial charge in [0.05, 0.1) is 16.1 Å². The highest BCUT2D eigenvalue weighted by molar-refractivity contribution is 6.31. The topological polar surface area (TPSA) is 55.1 Å². The van der Waals surface area contributed by atoms with Crippen LogP contribution in [0.3, 0.4) is 0 Å². The molecule has 1 saturated carbocycles. The van der Waals surface area contributed by atoms with Crippen molar-refractivity contribution in [1.82, 2.24) is 0 Å². The van der Waals surface area contributed by atoms with Crippen LogP contribution in [0.2, 0.25) is 5.02 Å². The molecule has 2 aromatic rings. The van der Waals surface area contributed by atoms with Gasteiger partial charge in [0.1, 0.15) is 0 Å². The van der Waals surface area contributed by atoms with Gasteiger partial charge in [-0.25, -0.2) is 4.39 Å². The quantitative estimate of drug-likeness (QED) is 0.849. The van der Waals surface area contributed by atoms with Crippen molar-refractivity contribution >= 4 is 28.9 Å². The van der Waals surface area contributed by atoms with Crippen molar-refractivity contribution in [2.45, 2.75) is 18.3 Å². The molecule has 108 valence electrons. The van der Waals surface area contributed by atoms with Crippen LogP contribution in [0, 0.1) is 5.82 Å². The van der Waals surface area contributed by atoms with Gasteiger partial charge in [0.15, 0.2) is 5.82 Å². The maximum Gasteiger partial charge on any atom is 0.235 e. The largest absolute Gasteiger partial charge is 0.399 e. The smallest absolute Gasteiger partial charge is 0.235 e. The molecule has 1 amide bonds. The second kappa shape index (κ2) is 5.04. The Hall–Kier alpha value is -2.07. The highest BCUT2D eigenvalue weighted by atomic mass is 35.5. The van der Waals surface area contributed by atoms with E-state index in [0.717, 1.165) is 18.4 Å². The van der Waals surface area contributed by atoms with Crippen molar-refractivity contribution in [1.29, 1.82) is 0 Å². The maximum atomic E-state index is 13.9. The van der Waals surface area contributed by atoms with Crippen LogP contribution in [0.25, 0.3) is 0 Å². The first kappa shape index (κ1) is 13.9. The van der Waals surface area contributed by atoms with Gasteiger partial charge >= 0.3 is 0 Å². The van der Waals surface area contributed by atoms with E-state index in [-0.39, 0.29) is 16.6 Å². The Balaban J connectivity index is 1.85. The molecule has 0 unspecified atom stereocenters. The first-order valence-electron chi connectivity index (χ1n) is 6.64. The fourth-order valence-electron chi connectivity index (χ4n) is 2.42. The van der Waals surface area contributed by atoms with Gasteiger partial charge < -0.3 is 11.1 Å². The molecule has 1 fully saturated rings. The van der Waals surface area contributed by atoms with Crippen molar-refractivity contribution < 1.29 is 9.18 Å². The molecule has 0 atom stereocenters. The van der Waals surface area contributed by atoms with E-state index in [1.54, 1.807) is 18.2 Å². The Morgan fingerprint density at radius 3 is 2.48 bits per heavy atom. The van der Waals surface area contributed by atoms with E-state index >= 15 is 0 Å². The number of hydrogen-bond donors (Lipinski definition) is 2. The summed E-state index contributed by atoms with van der Waals surface area (Å²) in [5.74, 6) is -0.825. The lowest BCUT2D eigenvalue weighted by Gasteiger charge is -2.16. The average molecular weight is 305 g/mol. The minimum atomic E-state index is -0.611. The van der Waals surface area contributed by atoms with E-state index in [0.29, 0.717) is 5.69 Å². The zero-order valence-corrected chi connectivity index (χ0v) is 12.0. The lowest BCUT2D eigenvalue weighted by molar-refractivity contribution is -0.118. The number of nitrogens with two attached hydrogens (primary N) is 1. The zero-order valence-electron chi connectivity index (χ0n) is 11.2. The molecule has 0 bridgehead atoms. The molecule has 1 aliphatic rings. The summed E-state index contributed by atoms with van der Waals surface area (Å²) in [7, 11) is 0. The first-order chi connectivity index (χ1) is 10.0. The molecule has 0 aliphatic heterocycles. The first-order valence-corrected chi connectivity index (χ1v) is 7.02. The monoisotopic (exact) mass is 304 g/mol. The van der Waals surface area contributed by atoms with Crippen LogP contribution in [-0.2, 0) is 10.2 Å². The molecule has 21 heavy (non-hydrogen) atoms. The van der Waals surface area contributed by atoms with Gasteiger partial charge in [-0.3, -0.25) is 4.79 Å². The third kappa shape index (κ3) is 2.47. The van der Waals surface area contributed by atoms with Crippen molar-refractivity contribution in [3.05, 3.63) is 58.9 Å². The summed E-state index contributed by atoms with van der Waals surface area (Å²) < 4.78 is 13.9. The summed E-state index contributed by atoms with van der Waals surface area (Å²) in [5.41, 5.74) is 6.74. The molecule has 2 aromatic carbocycles. The van der Waals surface area contributed by atoms with E-state index in [9.17, 15) is 9.18 Å². The lowest BCUT2D eigenvalue weighted by atomic mass is 9.94. The Morgan fingerprint density at radius 1 is 1.19 bits per heavy atom. The van der Waals surface area contributed by atoms with E-state index in [2.05, 4.69) is 5.32 Å². The average Bonchev–Trinajstić information content (AvgIpc) is 3.26. The fourth-order valence-corrected chi connectivity index (χ4v) is 2.59. The van der Waals surface area contributed by atoms with Crippen LogP contribution in [0.15, 0.2) is 42.5 Å². The maximum absolute atomic E-state index is 13.9. The Bertz CT molecular complexity index is 696. The number of hydrogen-bond acceptors (Lipinski definition) is 2.